The quantitative estimate of drug-likeness (QED) is 0.524. The van der Waals surface area contributed by atoms with Gasteiger partial charge in [0.25, 0.3) is 0 Å². The summed E-state index contributed by atoms with van der Waals surface area (Å²) in [7, 11) is 0. The van der Waals surface area contributed by atoms with Gasteiger partial charge in [0, 0.05) is 9.49 Å². The van der Waals surface area contributed by atoms with Gasteiger partial charge in [-0.05, 0) is 18.6 Å². The zero-order valence-corrected chi connectivity index (χ0v) is 9.60. The molecular weight excluding hydrogens is 305 g/mol. The van der Waals surface area contributed by atoms with E-state index in [1.165, 1.54) is 6.07 Å². The summed E-state index contributed by atoms with van der Waals surface area (Å²) in [6.07, 6.45) is 0.886. The highest BCUT2D eigenvalue weighted by Crippen LogP contribution is 2.43. The van der Waals surface area contributed by atoms with E-state index in [9.17, 15) is 4.39 Å². The lowest BCUT2D eigenvalue weighted by Crippen LogP contribution is -2.11. The fourth-order valence-electron chi connectivity index (χ4n) is 1.38. The molecule has 1 atom stereocenters. The third kappa shape index (κ3) is 1.64. The molecule has 0 aromatic heterocycles. The number of hydrogen-bond donors (Lipinski definition) is 0. The molecular formula is C9H7ClFIO. The Morgan fingerprint density at radius 3 is 3.08 bits per heavy atom. The van der Waals surface area contributed by atoms with Crippen LogP contribution in [0, 0.1) is 5.82 Å². The van der Waals surface area contributed by atoms with Crippen LogP contribution in [0.4, 0.5) is 4.39 Å². The van der Waals surface area contributed by atoms with Crippen LogP contribution in [-0.2, 0) is 0 Å². The molecule has 13 heavy (non-hydrogen) atoms. The van der Waals surface area contributed by atoms with Crippen LogP contribution in [0.3, 0.4) is 0 Å². The topological polar surface area (TPSA) is 9.23 Å². The Labute approximate surface area is 94.4 Å². The van der Waals surface area contributed by atoms with E-state index in [4.69, 9.17) is 16.3 Å². The van der Waals surface area contributed by atoms with Crippen LogP contribution < -0.4 is 4.74 Å². The molecule has 0 amide bonds. The Hall–Kier alpha value is -0.0300. The highest BCUT2D eigenvalue weighted by molar-refractivity contribution is 14.1. The van der Waals surface area contributed by atoms with Crippen LogP contribution in [-0.4, -0.2) is 6.61 Å². The van der Waals surface area contributed by atoms with Crippen LogP contribution in [0.15, 0.2) is 12.1 Å². The summed E-state index contributed by atoms with van der Waals surface area (Å²) in [5.74, 6) is 0.352. The monoisotopic (exact) mass is 312 g/mol. The van der Waals surface area contributed by atoms with Gasteiger partial charge in [0.05, 0.1) is 11.6 Å². The number of ether oxygens (including phenoxy) is 1. The summed E-state index contributed by atoms with van der Waals surface area (Å²) < 4.78 is 18.7. The van der Waals surface area contributed by atoms with Gasteiger partial charge in [-0.2, -0.15) is 0 Å². The SMILES string of the molecule is Fc1ccc2c(c1Cl)C(I)CCO2. The Morgan fingerprint density at radius 1 is 1.54 bits per heavy atom. The number of alkyl halides is 1. The van der Waals surface area contributed by atoms with Crippen molar-refractivity contribution in [3.05, 3.63) is 28.5 Å². The standard InChI is InChI=1S/C9H7ClFIO/c10-9-5(11)1-2-7-8(9)6(12)3-4-13-7/h1-2,6H,3-4H2. The maximum atomic E-state index is 13.1. The minimum Gasteiger partial charge on any atom is -0.493 e. The number of fused-ring (bicyclic) bond motifs is 1. The molecule has 4 heteroatoms. The summed E-state index contributed by atoms with van der Waals surface area (Å²) in [5, 5.41) is 0.205. The van der Waals surface area contributed by atoms with Gasteiger partial charge in [0.2, 0.25) is 0 Å². The smallest absolute Gasteiger partial charge is 0.142 e. The van der Waals surface area contributed by atoms with E-state index >= 15 is 0 Å². The highest BCUT2D eigenvalue weighted by atomic mass is 127. The van der Waals surface area contributed by atoms with Crippen LogP contribution in [0.1, 0.15) is 15.9 Å². The molecule has 2 rings (SSSR count). The van der Waals surface area contributed by atoms with Crippen LogP contribution in [0.25, 0.3) is 0 Å². The minimum absolute atomic E-state index is 0.205. The van der Waals surface area contributed by atoms with E-state index in [-0.39, 0.29) is 14.8 Å². The molecule has 1 aliphatic heterocycles. The number of benzene rings is 1. The number of rotatable bonds is 0. The van der Waals surface area contributed by atoms with E-state index in [2.05, 4.69) is 22.6 Å². The zero-order chi connectivity index (χ0) is 9.42. The fourth-order valence-corrected chi connectivity index (χ4v) is 2.73. The van der Waals surface area contributed by atoms with Gasteiger partial charge < -0.3 is 4.74 Å². The van der Waals surface area contributed by atoms with Crippen molar-refractivity contribution in [2.75, 3.05) is 6.61 Å². The van der Waals surface area contributed by atoms with E-state index < -0.39 is 0 Å². The summed E-state index contributed by atoms with van der Waals surface area (Å²) in [4.78, 5) is 0. The van der Waals surface area contributed by atoms with E-state index in [1.807, 2.05) is 0 Å². The summed E-state index contributed by atoms with van der Waals surface area (Å²) in [5.41, 5.74) is 0.800. The summed E-state index contributed by atoms with van der Waals surface area (Å²) >= 11 is 8.11. The first kappa shape index (κ1) is 9.52. The molecule has 1 heterocycles. The van der Waals surface area contributed by atoms with Gasteiger partial charge in [0.15, 0.2) is 0 Å². The molecule has 1 aromatic carbocycles. The van der Waals surface area contributed by atoms with Crippen LogP contribution in [0.2, 0.25) is 5.02 Å². The molecule has 0 bridgehead atoms. The Balaban J connectivity index is 2.58. The minimum atomic E-state index is -0.368. The second-order valence-corrected chi connectivity index (χ2v) is 4.76. The second-order valence-electron chi connectivity index (χ2n) is 2.88. The maximum absolute atomic E-state index is 13.1. The molecule has 1 aromatic rings. The average Bonchev–Trinajstić information content (AvgIpc) is 2.12. The van der Waals surface area contributed by atoms with Crippen molar-refractivity contribution in [2.24, 2.45) is 0 Å². The Kier molecular flexibility index (Phi) is 2.65. The van der Waals surface area contributed by atoms with E-state index in [1.54, 1.807) is 6.07 Å². The predicted octanol–water partition coefficient (Wildman–Crippen LogP) is 3.74. The molecule has 70 valence electrons. The average molecular weight is 313 g/mol. The van der Waals surface area contributed by atoms with Gasteiger partial charge >= 0.3 is 0 Å². The number of halogens is 3. The second kappa shape index (κ2) is 3.61. The lowest BCUT2D eigenvalue weighted by atomic mass is 10.1. The van der Waals surface area contributed by atoms with Gasteiger partial charge in [-0.25, -0.2) is 4.39 Å². The van der Waals surface area contributed by atoms with Crippen molar-refractivity contribution in [3.63, 3.8) is 0 Å². The van der Waals surface area contributed by atoms with Gasteiger partial charge in [-0.15, -0.1) is 0 Å². The first-order chi connectivity index (χ1) is 6.20. The first-order valence-corrected chi connectivity index (χ1v) is 5.57. The van der Waals surface area contributed by atoms with E-state index in [0.29, 0.717) is 6.61 Å². The lowest BCUT2D eigenvalue weighted by molar-refractivity contribution is 0.288. The lowest BCUT2D eigenvalue weighted by Gasteiger charge is -2.22. The highest BCUT2D eigenvalue weighted by Gasteiger charge is 2.23. The molecule has 0 fully saturated rings. The largest absolute Gasteiger partial charge is 0.493 e. The van der Waals surface area contributed by atoms with Gasteiger partial charge in [-0.1, -0.05) is 34.2 Å². The van der Waals surface area contributed by atoms with Crippen molar-refractivity contribution in [3.8, 4) is 5.75 Å². The zero-order valence-electron chi connectivity index (χ0n) is 6.69. The predicted molar refractivity (Wildman–Crippen MR) is 58.3 cm³/mol. The Bertz CT molecular complexity index is 343. The van der Waals surface area contributed by atoms with Crippen molar-refractivity contribution < 1.29 is 9.13 Å². The Morgan fingerprint density at radius 2 is 2.31 bits per heavy atom. The molecule has 0 aliphatic carbocycles. The third-order valence-electron chi connectivity index (χ3n) is 2.03. The molecule has 1 aliphatic rings. The normalized spacial score (nSPS) is 20.7. The van der Waals surface area contributed by atoms with Gasteiger partial charge in [-0.3, -0.25) is 0 Å². The molecule has 0 spiro atoms. The van der Waals surface area contributed by atoms with Crippen molar-refractivity contribution in [1.82, 2.24) is 0 Å². The first-order valence-electron chi connectivity index (χ1n) is 3.95. The fraction of sp³-hybridized carbons (Fsp3) is 0.333. The van der Waals surface area contributed by atoms with E-state index in [0.717, 1.165) is 17.7 Å². The van der Waals surface area contributed by atoms with Crippen molar-refractivity contribution in [1.29, 1.82) is 0 Å². The van der Waals surface area contributed by atoms with Crippen molar-refractivity contribution in [2.45, 2.75) is 10.3 Å². The molecule has 0 saturated carbocycles. The van der Waals surface area contributed by atoms with Gasteiger partial charge in [0.1, 0.15) is 11.6 Å². The summed E-state index contributed by atoms with van der Waals surface area (Å²) in [6, 6.07) is 2.98. The van der Waals surface area contributed by atoms with Crippen molar-refractivity contribution >= 4 is 34.2 Å². The molecule has 0 N–H and O–H groups in total. The van der Waals surface area contributed by atoms with Crippen LogP contribution >= 0.6 is 34.2 Å². The molecule has 1 unspecified atom stereocenters. The summed E-state index contributed by atoms with van der Waals surface area (Å²) in [6.45, 7) is 0.683. The molecule has 1 nitrogen and oxygen atoms in total. The number of hydrogen-bond acceptors (Lipinski definition) is 1. The maximum Gasteiger partial charge on any atom is 0.142 e. The third-order valence-corrected chi connectivity index (χ3v) is 3.66. The molecule has 0 saturated heterocycles. The molecule has 0 radical (unpaired) electrons. The van der Waals surface area contributed by atoms with Crippen LogP contribution in [0.5, 0.6) is 5.75 Å².